The SMILES string of the molecule is COc1cc2ccccc2cc1C(=O)N1CCC[C@H](c2nc3ccccc3s2)C1. The van der Waals surface area contributed by atoms with E-state index in [0.29, 0.717) is 17.9 Å². The van der Waals surface area contributed by atoms with Crippen LogP contribution in [-0.4, -0.2) is 36.0 Å². The Labute approximate surface area is 173 Å². The number of carbonyl (C=O) groups is 1. The molecule has 1 fully saturated rings. The summed E-state index contributed by atoms with van der Waals surface area (Å²) in [5.41, 5.74) is 1.68. The number of benzene rings is 3. The molecule has 4 nitrogen and oxygen atoms in total. The number of methoxy groups -OCH3 is 1. The number of amides is 1. The largest absolute Gasteiger partial charge is 0.496 e. The highest BCUT2D eigenvalue weighted by Gasteiger charge is 2.29. The predicted molar refractivity (Wildman–Crippen MR) is 118 cm³/mol. The average Bonchev–Trinajstić information content (AvgIpc) is 3.22. The van der Waals surface area contributed by atoms with Crippen molar-refractivity contribution >= 4 is 38.2 Å². The van der Waals surface area contributed by atoms with Gasteiger partial charge in [0.05, 0.1) is 27.9 Å². The van der Waals surface area contributed by atoms with Crippen molar-refractivity contribution in [3.63, 3.8) is 0 Å². The summed E-state index contributed by atoms with van der Waals surface area (Å²) in [7, 11) is 1.63. The van der Waals surface area contributed by atoms with Crippen LogP contribution in [0.5, 0.6) is 5.75 Å². The number of thiazole rings is 1. The number of para-hydroxylation sites is 1. The summed E-state index contributed by atoms with van der Waals surface area (Å²) in [5, 5.41) is 3.26. The van der Waals surface area contributed by atoms with Crippen molar-refractivity contribution in [1.29, 1.82) is 0 Å². The molecule has 1 aliphatic rings. The number of likely N-dealkylation sites (tertiary alicyclic amines) is 1. The Morgan fingerprint density at radius 3 is 2.66 bits per heavy atom. The van der Waals surface area contributed by atoms with Crippen LogP contribution >= 0.6 is 11.3 Å². The fraction of sp³-hybridized carbons (Fsp3) is 0.250. The van der Waals surface area contributed by atoms with E-state index in [1.165, 1.54) is 4.70 Å². The Balaban J connectivity index is 1.44. The van der Waals surface area contributed by atoms with Gasteiger partial charge in [0.25, 0.3) is 5.91 Å². The molecule has 3 aromatic carbocycles. The molecule has 5 heteroatoms. The van der Waals surface area contributed by atoms with Gasteiger partial charge in [0.15, 0.2) is 0 Å². The third-order valence-electron chi connectivity index (χ3n) is 5.67. The Hall–Kier alpha value is -2.92. The van der Waals surface area contributed by atoms with Gasteiger partial charge in [-0.2, -0.15) is 0 Å². The normalized spacial score (nSPS) is 17.0. The number of hydrogen-bond donors (Lipinski definition) is 0. The maximum Gasteiger partial charge on any atom is 0.257 e. The van der Waals surface area contributed by atoms with Gasteiger partial charge in [-0.1, -0.05) is 36.4 Å². The van der Waals surface area contributed by atoms with E-state index >= 15 is 0 Å². The van der Waals surface area contributed by atoms with Gasteiger partial charge in [0.2, 0.25) is 0 Å². The van der Waals surface area contributed by atoms with Crippen LogP contribution in [0, 0.1) is 0 Å². The molecule has 146 valence electrons. The average molecular weight is 403 g/mol. The Morgan fingerprint density at radius 1 is 1.10 bits per heavy atom. The lowest BCUT2D eigenvalue weighted by Crippen LogP contribution is -2.39. The van der Waals surface area contributed by atoms with Gasteiger partial charge in [-0.05, 0) is 47.9 Å². The second-order valence-corrected chi connectivity index (χ2v) is 8.57. The molecule has 2 heterocycles. The Bertz CT molecular complexity index is 1170. The van der Waals surface area contributed by atoms with Crippen LogP contribution in [0.1, 0.15) is 34.1 Å². The van der Waals surface area contributed by atoms with Gasteiger partial charge in [0, 0.05) is 19.0 Å². The molecular formula is C24H22N2O2S. The molecule has 1 atom stereocenters. The molecule has 29 heavy (non-hydrogen) atoms. The Morgan fingerprint density at radius 2 is 1.86 bits per heavy atom. The van der Waals surface area contributed by atoms with Gasteiger partial charge in [0.1, 0.15) is 5.75 Å². The van der Waals surface area contributed by atoms with E-state index in [4.69, 9.17) is 9.72 Å². The lowest BCUT2D eigenvalue weighted by Gasteiger charge is -2.32. The smallest absolute Gasteiger partial charge is 0.257 e. The first-order valence-corrected chi connectivity index (χ1v) is 10.8. The summed E-state index contributed by atoms with van der Waals surface area (Å²) in [5.74, 6) is 0.964. The first-order valence-electron chi connectivity index (χ1n) is 9.94. The minimum Gasteiger partial charge on any atom is -0.496 e. The van der Waals surface area contributed by atoms with Crippen molar-refractivity contribution in [3.8, 4) is 5.75 Å². The monoisotopic (exact) mass is 402 g/mol. The highest BCUT2D eigenvalue weighted by atomic mass is 32.1. The number of nitrogens with zero attached hydrogens (tertiary/aromatic N) is 2. The van der Waals surface area contributed by atoms with Crippen molar-refractivity contribution in [1.82, 2.24) is 9.88 Å². The minimum atomic E-state index is 0.0402. The molecule has 0 aliphatic carbocycles. The van der Waals surface area contributed by atoms with Crippen LogP contribution in [0.4, 0.5) is 0 Å². The third kappa shape index (κ3) is 3.36. The topological polar surface area (TPSA) is 42.4 Å². The molecule has 0 radical (unpaired) electrons. The van der Waals surface area contributed by atoms with Crippen LogP contribution in [0.2, 0.25) is 0 Å². The molecule has 5 rings (SSSR count). The van der Waals surface area contributed by atoms with Gasteiger partial charge in [-0.3, -0.25) is 4.79 Å². The van der Waals surface area contributed by atoms with E-state index < -0.39 is 0 Å². The number of ether oxygens (including phenoxy) is 1. The fourth-order valence-corrected chi connectivity index (χ4v) is 5.25. The minimum absolute atomic E-state index is 0.0402. The van der Waals surface area contributed by atoms with Crippen LogP contribution in [0.3, 0.4) is 0 Å². The van der Waals surface area contributed by atoms with Gasteiger partial charge < -0.3 is 9.64 Å². The molecule has 0 spiro atoms. The summed E-state index contributed by atoms with van der Waals surface area (Å²) < 4.78 is 6.77. The molecule has 0 saturated carbocycles. The van der Waals surface area contributed by atoms with Crippen molar-refractivity contribution < 1.29 is 9.53 Å². The van der Waals surface area contributed by atoms with Crippen molar-refractivity contribution in [2.45, 2.75) is 18.8 Å². The molecular weight excluding hydrogens is 380 g/mol. The van der Waals surface area contributed by atoms with E-state index in [1.807, 2.05) is 53.4 Å². The third-order valence-corrected chi connectivity index (χ3v) is 6.87. The first kappa shape index (κ1) is 18.1. The molecule has 0 bridgehead atoms. The highest BCUT2D eigenvalue weighted by molar-refractivity contribution is 7.18. The number of fused-ring (bicyclic) bond motifs is 2. The number of hydrogen-bond acceptors (Lipinski definition) is 4. The number of aromatic nitrogens is 1. The molecule has 0 N–H and O–H groups in total. The summed E-state index contributed by atoms with van der Waals surface area (Å²) in [4.78, 5) is 20.2. The summed E-state index contributed by atoms with van der Waals surface area (Å²) in [6, 6.07) is 20.2. The maximum absolute atomic E-state index is 13.4. The number of piperidine rings is 1. The summed E-state index contributed by atoms with van der Waals surface area (Å²) in [6.07, 6.45) is 2.06. The summed E-state index contributed by atoms with van der Waals surface area (Å²) in [6.45, 7) is 1.48. The van der Waals surface area contributed by atoms with Gasteiger partial charge >= 0.3 is 0 Å². The Kier molecular flexibility index (Phi) is 4.68. The molecule has 4 aromatic rings. The quantitative estimate of drug-likeness (QED) is 0.456. The van der Waals surface area contributed by atoms with Crippen LogP contribution in [0.25, 0.3) is 21.0 Å². The fourth-order valence-electron chi connectivity index (χ4n) is 4.15. The van der Waals surface area contributed by atoms with Crippen LogP contribution in [0.15, 0.2) is 60.7 Å². The van der Waals surface area contributed by atoms with Crippen molar-refractivity contribution in [3.05, 3.63) is 71.2 Å². The second kappa shape index (κ2) is 7.48. The standard InChI is InChI=1S/C24H22N2O2S/c1-28-21-14-17-8-3-2-7-16(17)13-19(21)24(27)26-12-6-9-18(15-26)23-25-20-10-4-5-11-22(20)29-23/h2-5,7-8,10-11,13-14,18H,6,9,12,15H2,1H3/t18-/m0/s1. The van der Waals surface area contributed by atoms with Crippen LogP contribution in [-0.2, 0) is 0 Å². The zero-order valence-corrected chi connectivity index (χ0v) is 17.1. The van der Waals surface area contributed by atoms with Crippen LogP contribution < -0.4 is 4.74 Å². The molecule has 0 unspecified atom stereocenters. The van der Waals surface area contributed by atoms with Gasteiger partial charge in [-0.15, -0.1) is 11.3 Å². The highest BCUT2D eigenvalue weighted by Crippen LogP contribution is 2.34. The lowest BCUT2D eigenvalue weighted by atomic mass is 9.97. The van der Waals surface area contributed by atoms with E-state index in [2.05, 4.69) is 12.1 Å². The maximum atomic E-state index is 13.4. The first-order chi connectivity index (χ1) is 14.2. The lowest BCUT2D eigenvalue weighted by molar-refractivity contribution is 0.0704. The number of carbonyl (C=O) groups excluding carboxylic acids is 1. The zero-order chi connectivity index (χ0) is 19.8. The second-order valence-electron chi connectivity index (χ2n) is 7.51. The zero-order valence-electron chi connectivity index (χ0n) is 16.3. The van der Waals surface area contributed by atoms with Gasteiger partial charge in [-0.25, -0.2) is 4.98 Å². The van der Waals surface area contributed by atoms with E-state index in [1.54, 1.807) is 18.4 Å². The van der Waals surface area contributed by atoms with E-state index in [9.17, 15) is 4.79 Å². The molecule has 1 aliphatic heterocycles. The molecule has 1 saturated heterocycles. The molecule has 1 aromatic heterocycles. The predicted octanol–water partition coefficient (Wildman–Crippen LogP) is 5.48. The summed E-state index contributed by atoms with van der Waals surface area (Å²) >= 11 is 1.75. The van der Waals surface area contributed by atoms with Crippen molar-refractivity contribution in [2.24, 2.45) is 0 Å². The van der Waals surface area contributed by atoms with Crippen molar-refractivity contribution in [2.75, 3.05) is 20.2 Å². The van der Waals surface area contributed by atoms with E-state index in [-0.39, 0.29) is 11.8 Å². The number of rotatable bonds is 3. The molecule has 1 amide bonds. The van der Waals surface area contributed by atoms with E-state index in [0.717, 1.165) is 40.7 Å².